The Morgan fingerprint density at radius 3 is 2.82 bits per heavy atom. The number of nitrogens with two attached hydrogens (primary N) is 1. The molecule has 0 heterocycles. The summed E-state index contributed by atoms with van der Waals surface area (Å²) in [5.74, 6) is 0.555. The lowest BCUT2D eigenvalue weighted by Gasteiger charge is -2.19. The minimum Gasteiger partial charge on any atom is -0.376 e. The van der Waals surface area contributed by atoms with E-state index in [1.165, 1.54) is 12.8 Å². The maximum Gasteiger partial charge on any atom is 0.164 e. The van der Waals surface area contributed by atoms with Gasteiger partial charge in [-0.3, -0.25) is 0 Å². The fraction of sp³-hybridized carbons (Fsp3) is 0.462. The van der Waals surface area contributed by atoms with Crippen LogP contribution in [0.15, 0.2) is 18.2 Å². The van der Waals surface area contributed by atoms with Gasteiger partial charge in [0.1, 0.15) is 5.82 Å². The van der Waals surface area contributed by atoms with Gasteiger partial charge in [0.05, 0.1) is 6.04 Å². The van der Waals surface area contributed by atoms with E-state index < -0.39 is 0 Å². The predicted molar refractivity (Wildman–Crippen MR) is 71.1 cm³/mol. The Hall–Kier alpha value is -1.16. The third-order valence-corrected chi connectivity index (χ3v) is 3.30. The molecule has 0 spiro atoms. The van der Waals surface area contributed by atoms with Crippen LogP contribution in [0.3, 0.4) is 0 Å². The molecule has 3 N–H and O–H groups in total. The fourth-order valence-electron chi connectivity index (χ4n) is 1.96. The molecule has 0 bridgehead atoms. The van der Waals surface area contributed by atoms with Crippen molar-refractivity contribution in [2.45, 2.75) is 32.2 Å². The van der Waals surface area contributed by atoms with Crippen LogP contribution >= 0.6 is 12.2 Å². The summed E-state index contributed by atoms with van der Waals surface area (Å²) in [6.07, 6.45) is 3.48. The minimum atomic E-state index is -0.173. The molecule has 0 saturated heterocycles. The topological polar surface area (TPSA) is 38.0 Å². The Morgan fingerprint density at radius 2 is 2.29 bits per heavy atom. The Labute approximate surface area is 106 Å². The molecular formula is C13H17FN2S. The van der Waals surface area contributed by atoms with Crippen LogP contribution < -0.4 is 11.1 Å². The van der Waals surface area contributed by atoms with Gasteiger partial charge in [-0.1, -0.05) is 25.0 Å². The molecule has 1 aliphatic rings. The molecule has 0 aromatic heterocycles. The van der Waals surface area contributed by atoms with E-state index in [1.54, 1.807) is 19.1 Å². The first-order valence-corrected chi connectivity index (χ1v) is 6.29. The average Bonchev–Trinajstić information content (AvgIpc) is 3.04. The first kappa shape index (κ1) is 12.3. The second-order valence-corrected chi connectivity index (χ2v) is 5.19. The number of nitrogens with one attached hydrogen (secondary N) is 1. The SMILES string of the molecule is Cc1ccc(C(CC2CC2)NC(N)=S)cc1F. The van der Waals surface area contributed by atoms with Gasteiger partial charge in [-0.15, -0.1) is 0 Å². The summed E-state index contributed by atoms with van der Waals surface area (Å²) in [6, 6.07) is 5.35. The highest BCUT2D eigenvalue weighted by atomic mass is 32.1. The number of rotatable bonds is 4. The van der Waals surface area contributed by atoms with Crippen molar-refractivity contribution in [1.82, 2.24) is 5.32 Å². The van der Waals surface area contributed by atoms with Crippen LogP contribution in [0, 0.1) is 18.7 Å². The van der Waals surface area contributed by atoms with Gasteiger partial charge in [-0.25, -0.2) is 4.39 Å². The van der Waals surface area contributed by atoms with E-state index >= 15 is 0 Å². The van der Waals surface area contributed by atoms with Gasteiger partial charge in [0.15, 0.2) is 5.11 Å². The van der Waals surface area contributed by atoms with Crippen LogP contribution in [-0.4, -0.2) is 5.11 Å². The fourth-order valence-corrected chi connectivity index (χ4v) is 2.11. The van der Waals surface area contributed by atoms with Crippen molar-refractivity contribution < 1.29 is 4.39 Å². The van der Waals surface area contributed by atoms with Gasteiger partial charge in [0.25, 0.3) is 0 Å². The lowest BCUT2D eigenvalue weighted by molar-refractivity contribution is 0.542. The van der Waals surface area contributed by atoms with E-state index in [1.807, 2.05) is 6.07 Å². The molecule has 0 aliphatic heterocycles. The van der Waals surface area contributed by atoms with Gasteiger partial charge < -0.3 is 11.1 Å². The van der Waals surface area contributed by atoms with E-state index in [4.69, 9.17) is 18.0 Å². The van der Waals surface area contributed by atoms with Gasteiger partial charge in [0, 0.05) is 0 Å². The summed E-state index contributed by atoms with van der Waals surface area (Å²) in [4.78, 5) is 0. The van der Waals surface area contributed by atoms with Crippen LogP contribution in [0.4, 0.5) is 4.39 Å². The molecule has 1 aliphatic carbocycles. The Morgan fingerprint density at radius 1 is 1.59 bits per heavy atom. The van der Waals surface area contributed by atoms with Gasteiger partial charge in [0.2, 0.25) is 0 Å². The zero-order chi connectivity index (χ0) is 12.4. The molecule has 1 saturated carbocycles. The number of aryl methyl sites for hydroxylation is 1. The van der Waals surface area contributed by atoms with Crippen molar-refractivity contribution in [1.29, 1.82) is 0 Å². The second kappa shape index (κ2) is 5.00. The molecule has 1 unspecified atom stereocenters. The standard InChI is InChI=1S/C13H17FN2S/c1-8-2-5-10(7-11(8)14)12(16-13(15)17)6-9-3-4-9/h2,5,7,9,12H,3-4,6H2,1H3,(H3,15,16,17). The number of hydrogen-bond donors (Lipinski definition) is 2. The number of benzene rings is 1. The Kier molecular flexibility index (Phi) is 3.62. The summed E-state index contributed by atoms with van der Waals surface area (Å²) < 4.78 is 13.5. The highest BCUT2D eigenvalue weighted by Crippen LogP contribution is 2.37. The summed E-state index contributed by atoms with van der Waals surface area (Å²) in [7, 11) is 0. The molecule has 92 valence electrons. The van der Waals surface area contributed by atoms with E-state index in [2.05, 4.69) is 5.32 Å². The molecule has 17 heavy (non-hydrogen) atoms. The van der Waals surface area contributed by atoms with Crippen molar-refractivity contribution in [3.8, 4) is 0 Å². The molecule has 4 heteroatoms. The average molecular weight is 252 g/mol. The van der Waals surface area contributed by atoms with Crippen LogP contribution in [0.25, 0.3) is 0 Å². The maximum atomic E-state index is 13.5. The van der Waals surface area contributed by atoms with Crippen LogP contribution in [0.5, 0.6) is 0 Å². The zero-order valence-electron chi connectivity index (χ0n) is 9.87. The van der Waals surface area contributed by atoms with E-state index in [0.717, 1.165) is 17.9 Å². The van der Waals surface area contributed by atoms with Crippen LogP contribution in [0.1, 0.15) is 36.4 Å². The molecule has 2 rings (SSSR count). The molecule has 1 fully saturated rings. The van der Waals surface area contributed by atoms with Crippen molar-refractivity contribution in [3.63, 3.8) is 0 Å². The summed E-state index contributed by atoms with van der Waals surface area (Å²) >= 11 is 4.88. The van der Waals surface area contributed by atoms with Crippen molar-refractivity contribution >= 4 is 17.3 Å². The summed E-state index contributed by atoms with van der Waals surface area (Å²) in [6.45, 7) is 1.76. The van der Waals surface area contributed by atoms with Crippen molar-refractivity contribution in [2.24, 2.45) is 11.7 Å². The molecule has 0 amide bonds. The lowest BCUT2D eigenvalue weighted by Crippen LogP contribution is -2.33. The molecule has 1 atom stereocenters. The zero-order valence-corrected chi connectivity index (χ0v) is 10.7. The number of hydrogen-bond acceptors (Lipinski definition) is 1. The third-order valence-electron chi connectivity index (χ3n) is 3.18. The predicted octanol–water partition coefficient (Wildman–Crippen LogP) is 2.81. The smallest absolute Gasteiger partial charge is 0.164 e. The minimum absolute atomic E-state index is 0.0371. The monoisotopic (exact) mass is 252 g/mol. The third kappa shape index (κ3) is 3.40. The largest absolute Gasteiger partial charge is 0.376 e. The molecule has 0 radical (unpaired) electrons. The Bertz CT molecular complexity index is 429. The van der Waals surface area contributed by atoms with E-state index in [-0.39, 0.29) is 17.0 Å². The lowest BCUT2D eigenvalue weighted by atomic mass is 10.00. The summed E-state index contributed by atoms with van der Waals surface area (Å²) in [5.41, 5.74) is 7.11. The van der Waals surface area contributed by atoms with Gasteiger partial charge in [-0.05, 0) is 48.7 Å². The van der Waals surface area contributed by atoms with Gasteiger partial charge >= 0.3 is 0 Å². The highest BCUT2D eigenvalue weighted by molar-refractivity contribution is 7.80. The second-order valence-electron chi connectivity index (χ2n) is 4.75. The highest BCUT2D eigenvalue weighted by Gasteiger charge is 2.26. The maximum absolute atomic E-state index is 13.5. The molecule has 2 nitrogen and oxygen atoms in total. The summed E-state index contributed by atoms with van der Waals surface area (Å²) in [5, 5.41) is 3.33. The first-order chi connectivity index (χ1) is 8.06. The van der Waals surface area contributed by atoms with E-state index in [0.29, 0.717) is 5.56 Å². The Balaban J connectivity index is 2.16. The van der Waals surface area contributed by atoms with Crippen LogP contribution in [-0.2, 0) is 0 Å². The molecule has 1 aromatic carbocycles. The number of thiocarbonyl (C=S) groups is 1. The first-order valence-electron chi connectivity index (χ1n) is 5.88. The molecule has 1 aromatic rings. The van der Waals surface area contributed by atoms with Crippen molar-refractivity contribution in [2.75, 3.05) is 0 Å². The van der Waals surface area contributed by atoms with Crippen LogP contribution in [0.2, 0.25) is 0 Å². The quantitative estimate of drug-likeness (QED) is 0.809. The van der Waals surface area contributed by atoms with Gasteiger partial charge in [-0.2, -0.15) is 0 Å². The molecular weight excluding hydrogens is 235 g/mol. The normalized spacial score (nSPS) is 16.6. The van der Waals surface area contributed by atoms with E-state index in [9.17, 15) is 4.39 Å². The van der Waals surface area contributed by atoms with Crippen molar-refractivity contribution in [3.05, 3.63) is 35.1 Å². The number of halogens is 1.